The van der Waals surface area contributed by atoms with Crippen LogP contribution in [0.3, 0.4) is 0 Å². The van der Waals surface area contributed by atoms with Gasteiger partial charge in [0.05, 0.1) is 7.11 Å². The van der Waals surface area contributed by atoms with Crippen LogP contribution in [-0.4, -0.2) is 32.7 Å². The van der Waals surface area contributed by atoms with E-state index >= 15 is 0 Å². The summed E-state index contributed by atoms with van der Waals surface area (Å²) in [4.78, 5) is 4.20. The fourth-order valence-corrected chi connectivity index (χ4v) is 1.97. The van der Waals surface area contributed by atoms with E-state index in [-0.39, 0.29) is 0 Å². The number of guanidine groups is 1. The van der Waals surface area contributed by atoms with E-state index in [1.165, 1.54) is 5.56 Å². The highest BCUT2D eigenvalue weighted by atomic mass is 16.5. The first-order chi connectivity index (χ1) is 9.56. The fourth-order valence-electron chi connectivity index (χ4n) is 1.97. The Morgan fingerprint density at radius 3 is 2.35 bits per heavy atom. The molecule has 0 aliphatic heterocycles. The van der Waals surface area contributed by atoms with Gasteiger partial charge in [0.1, 0.15) is 5.75 Å². The lowest BCUT2D eigenvalue weighted by molar-refractivity contribution is 0.414. The van der Waals surface area contributed by atoms with E-state index in [4.69, 9.17) is 4.74 Å². The molecule has 0 radical (unpaired) electrons. The Balaban J connectivity index is 2.40. The Hall–Kier alpha value is -1.71. The number of ether oxygens (including phenoxy) is 1. The zero-order valence-corrected chi connectivity index (χ0v) is 13.2. The van der Waals surface area contributed by atoms with Crippen molar-refractivity contribution in [1.82, 2.24) is 10.6 Å². The van der Waals surface area contributed by atoms with Gasteiger partial charge in [-0.05, 0) is 43.9 Å². The van der Waals surface area contributed by atoms with Gasteiger partial charge < -0.3 is 15.4 Å². The summed E-state index contributed by atoms with van der Waals surface area (Å²) in [7, 11) is 3.49. The molecule has 0 aliphatic rings. The quantitative estimate of drug-likeness (QED) is 0.621. The standard InChI is InChI=1S/C16H27N3O/c1-12(2)19-16(17-4)18-11-10-13(3)14-6-8-15(20-5)9-7-14/h6-9,12-13H,10-11H2,1-5H3,(H2,17,18,19). The molecule has 1 unspecified atom stereocenters. The van der Waals surface area contributed by atoms with Crippen molar-refractivity contribution in [2.45, 2.75) is 39.2 Å². The lowest BCUT2D eigenvalue weighted by atomic mass is 9.98. The van der Waals surface area contributed by atoms with Crippen LogP contribution in [0.5, 0.6) is 5.75 Å². The van der Waals surface area contributed by atoms with Gasteiger partial charge in [-0.1, -0.05) is 19.1 Å². The van der Waals surface area contributed by atoms with E-state index in [0.29, 0.717) is 12.0 Å². The number of nitrogens with zero attached hydrogens (tertiary/aromatic N) is 1. The maximum atomic E-state index is 5.18. The molecular weight excluding hydrogens is 250 g/mol. The van der Waals surface area contributed by atoms with E-state index in [1.54, 1.807) is 14.2 Å². The first kappa shape index (κ1) is 16.3. The summed E-state index contributed by atoms with van der Waals surface area (Å²) in [6.45, 7) is 7.35. The van der Waals surface area contributed by atoms with Crippen LogP contribution in [0, 0.1) is 0 Å². The van der Waals surface area contributed by atoms with Crippen molar-refractivity contribution in [3.63, 3.8) is 0 Å². The van der Waals surface area contributed by atoms with E-state index in [9.17, 15) is 0 Å². The van der Waals surface area contributed by atoms with Crippen molar-refractivity contribution < 1.29 is 4.74 Å². The van der Waals surface area contributed by atoms with Crippen molar-refractivity contribution in [2.24, 2.45) is 4.99 Å². The first-order valence-electron chi connectivity index (χ1n) is 7.18. The van der Waals surface area contributed by atoms with Gasteiger partial charge in [-0.25, -0.2) is 0 Å². The van der Waals surface area contributed by atoms with E-state index in [2.05, 4.69) is 48.5 Å². The minimum Gasteiger partial charge on any atom is -0.497 e. The number of hydrogen-bond donors (Lipinski definition) is 2. The molecule has 0 saturated heterocycles. The molecule has 0 aromatic heterocycles. The van der Waals surface area contributed by atoms with Gasteiger partial charge in [-0.2, -0.15) is 0 Å². The van der Waals surface area contributed by atoms with Crippen LogP contribution in [0.25, 0.3) is 0 Å². The third kappa shape index (κ3) is 5.51. The van der Waals surface area contributed by atoms with Gasteiger partial charge in [-0.3, -0.25) is 4.99 Å². The molecule has 0 spiro atoms. The van der Waals surface area contributed by atoms with Gasteiger partial charge in [0, 0.05) is 19.6 Å². The highest BCUT2D eigenvalue weighted by Gasteiger charge is 2.06. The van der Waals surface area contributed by atoms with Crippen molar-refractivity contribution >= 4 is 5.96 Å². The predicted octanol–water partition coefficient (Wildman–Crippen LogP) is 2.76. The van der Waals surface area contributed by atoms with E-state index < -0.39 is 0 Å². The Kier molecular flexibility index (Phi) is 6.91. The SMILES string of the molecule is CN=C(NCCC(C)c1ccc(OC)cc1)NC(C)C. The summed E-state index contributed by atoms with van der Waals surface area (Å²) < 4.78 is 5.18. The second kappa shape index (κ2) is 8.46. The van der Waals surface area contributed by atoms with Gasteiger partial charge in [0.15, 0.2) is 5.96 Å². The number of methoxy groups -OCH3 is 1. The maximum Gasteiger partial charge on any atom is 0.191 e. The Morgan fingerprint density at radius 2 is 1.85 bits per heavy atom. The molecule has 0 heterocycles. The molecule has 20 heavy (non-hydrogen) atoms. The summed E-state index contributed by atoms with van der Waals surface area (Å²) in [5.74, 6) is 2.27. The van der Waals surface area contributed by atoms with Crippen LogP contribution in [0.1, 0.15) is 38.7 Å². The van der Waals surface area contributed by atoms with Crippen LogP contribution in [0.2, 0.25) is 0 Å². The highest BCUT2D eigenvalue weighted by molar-refractivity contribution is 5.79. The smallest absolute Gasteiger partial charge is 0.191 e. The number of nitrogens with one attached hydrogen (secondary N) is 2. The average molecular weight is 277 g/mol. The van der Waals surface area contributed by atoms with Crippen LogP contribution < -0.4 is 15.4 Å². The molecule has 1 aromatic rings. The second-order valence-electron chi connectivity index (χ2n) is 5.26. The molecular formula is C16H27N3O. The zero-order chi connectivity index (χ0) is 15.0. The van der Waals surface area contributed by atoms with Gasteiger partial charge in [0.2, 0.25) is 0 Å². The number of rotatable bonds is 6. The summed E-state index contributed by atoms with van der Waals surface area (Å²) in [5, 5.41) is 6.62. The molecule has 0 bridgehead atoms. The molecule has 1 atom stereocenters. The Morgan fingerprint density at radius 1 is 1.20 bits per heavy atom. The molecule has 0 amide bonds. The summed E-state index contributed by atoms with van der Waals surface area (Å²) in [5.41, 5.74) is 1.33. The van der Waals surface area contributed by atoms with E-state index in [1.807, 2.05) is 12.1 Å². The lowest BCUT2D eigenvalue weighted by Gasteiger charge is -2.17. The minimum absolute atomic E-state index is 0.389. The summed E-state index contributed by atoms with van der Waals surface area (Å²) in [6, 6.07) is 8.67. The van der Waals surface area contributed by atoms with Crippen LogP contribution in [-0.2, 0) is 0 Å². The first-order valence-corrected chi connectivity index (χ1v) is 7.18. The topological polar surface area (TPSA) is 45.7 Å². The number of hydrogen-bond acceptors (Lipinski definition) is 2. The van der Waals surface area contributed by atoms with E-state index in [0.717, 1.165) is 24.7 Å². The highest BCUT2D eigenvalue weighted by Crippen LogP contribution is 2.21. The Bertz CT molecular complexity index is 412. The monoisotopic (exact) mass is 277 g/mol. The van der Waals surface area contributed by atoms with Crippen molar-refractivity contribution in [3.05, 3.63) is 29.8 Å². The lowest BCUT2D eigenvalue weighted by Crippen LogP contribution is -2.41. The average Bonchev–Trinajstić information content (AvgIpc) is 2.45. The Labute approximate surface area is 122 Å². The van der Waals surface area contributed by atoms with Crippen LogP contribution in [0.4, 0.5) is 0 Å². The third-order valence-corrected chi connectivity index (χ3v) is 3.20. The van der Waals surface area contributed by atoms with Gasteiger partial charge >= 0.3 is 0 Å². The predicted molar refractivity (Wildman–Crippen MR) is 85.7 cm³/mol. The molecule has 1 rings (SSSR count). The largest absolute Gasteiger partial charge is 0.497 e. The normalized spacial score (nSPS) is 13.2. The number of benzene rings is 1. The van der Waals surface area contributed by atoms with Crippen molar-refractivity contribution in [2.75, 3.05) is 20.7 Å². The summed E-state index contributed by atoms with van der Waals surface area (Å²) >= 11 is 0. The molecule has 0 aliphatic carbocycles. The molecule has 1 aromatic carbocycles. The zero-order valence-electron chi connectivity index (χ0n) is 13.2. The van der Waals surface area contributed by atoms with Crippen molar-refractivity contribution in [1.29, 1.82) is 0 Å². The molecule has 2 N–H and O–H groups in total. The second-order valence-corrected chi connectivity index (χ2v) is 5.26. The molecule has 4 nitrogen and oxygen atoms in total. The van der Waals surface area contributed by atoms with Crippen molar-refractivity contribution in [3.8, 4) is 5.75 Å². The van der Waals surface area contributed by atoms with Gasteiger partial charge in [0.25, 0.3) is 0 Å². The van der Waals surface area contributed by atoms with Crippen LogP contribution >= 0.6 is 0 Å². The fraction of sp³-hybridized carbons (Fsp3) is 0.562. The van der Waals surface area contributed by atoms with Gasteiger partial charge in [-0.15, -0.1) is 0 Å². The van der Waals surface area contributed by atoms with Crippen LogP contribution in [0.15, 0.2) is 29.3 Å². The third-order valence-electron chi connectivity index (χ3n) is 3.20. The molecule has 4 heteroatoms. The molecule has 0 fully saturated rings. The molecule has 0 saturated carbocycles. The minimum atomic E-state index is 0.389. The maximum absolute atomic E-state index is 5.18. The summed E-state index contributed by atoms with van der Waals surface area (Å²) in [6.07, 6.45) is 1.06. The molecule has 112 valence electrons. The number of aliphatic imine (C=N–C) groups is 1.